The number of amides is 1. The van der Waals surface area contributed by atoms with Gasteiger partial charge >= 0.3 is 5.97 Å². The summed E-state index contributed by atoms with van der Waals surface area (Å²) in [6.45, 7) is 3.55. The minimum absolute atomic E-state index is 0.335. The van der Waals surface area contributed by atoms with E-state index in [1.54, 1.807) is 31.4 Å². The summed E-state index contributed by atoms with van der Waals surface area (Å²) in [5.74, 6) is -0.281. The molecule has 1 amide bonds. The molecule has 1 N–H and O–H groups in total. The number of ether oxygens (including phenoxy) is 2. The smallest absolute Gasteiger partial charge is 0.338 e. The van der Waals surface area contributed by atoms with Crippen molar-refractivity contribution in [2.24, 2.45) is 0 Å². The van der Waals surface area contributed by atoms with Crippen LogP contribution in [0.1, 0.15) is 21.5 Å². The lowest BCUT2D eigenvalue weighted by molar-refractivity contribution is -0.119. The van der Waals surface area contributed by atoms with Gasteiger partial charge in [0.15, 0.2) is 6.61 Å². The highest BCUT2D eigenvalue weighted by molar-refractivity contribution is 5.95. The summed E-state index contributed by atoms with van der Waals surface area (Å²) in [7, 11) is 1.55. The zero-order valence-corrected chi connectivity index (χ0v) is 13.4. The van der Waals surface area contributed by atoms with Crippen molar-refractivity contribution in [3.63, 3.8) is 0 Å². The Balaban J connectivity index is 1.89. The van der Waals surface area contributed by atoms with Gasteiger partial charge in [-0.15, -0.1) is 0 Å². The van der Waals surface area contributed by atoms with Crippen LogP contribution in [0.3, 0.4) is 0 Å². The molecule has 0 saturated carbocycles. The molecule has 5 heteroatoms. The highest BCUT2D eigenvalue weighted by Crippen LogP contribution is 2.16. The first kappa shape index (κ1) is 16.5. The number of rotatable bonds is 5. The molecule has 0 saturated heterocycles. The highest BCUT2D eigenvalue weighted by atomic mass is 16.5. The van der Waals surface area contributed by atoms with Crippen molar-refractivity contribution in [2.75, 3.05) is 19.0 Å². The molecule has 2 aromatic carbocycles. The number of hydrogen-bond donors (Lipinski definition) is 1. The summed E-state index contributed by atoms with van der Waals surface area (Å²) >= 11 is 0. The second-order valence-electron chi connectivity index (χ2n) is 5.17. The number of benzene rings is 2. The van der Waals surface area contributed by atoms with Crippen LogP contribution in [0, 0.1) is 13.8 Å². The number of carbonyl (C=O) groups excluding carboxylic acids is 2. The van der Waals surface area contributed by atoms with Gasteiger partial charge in [0.05, 0.1) is 12.7 Å². The van der Waals surface area contributed by atoms with E-state index in [1.807, 2.05) is 32.0 Å². The van der Waals surface area contributed by atoms with Gasteiger partial charge in [-0.05, 0) is 49.7 Å². The molecule has 0 heterocycles. The zero-order valence-electron chi connectivity index (χ0n) is 13.4. The third-order valence-electron chi connectivity index (χ3n) is 3.32. The number of hydrogen-bond acceptors (Lipinski definition) is 4. The number of methoxy groups -OCH3 is 1. The normalized spacial score (nSPS) is 10.0. The Labute approximate surface area is 135 Å². The van der Waals surface area contributed by atoms with Crippen LogP contribution in [0.5, 0.6) is 5.75 Å². The van der Waals surface area contributed by atoms with Crippen molar-refractivity contribution in [1.29, 1.82) is 0 Å². The minimum Gasteiger partial charge on any atom is -0.497 e. The maximum absolute atomic E-state index is 11.9. The minimum atomic E-state index is -0.552. The van der Waals surface area contributed by atoms with E-state index in [0.29, 0.717) is 17.0 Å². The van der Waals surface area contributed by atoms with Crippen molar-refractivity contribution in [1.82, 2.24) is 0 Å². The largest absolute Gasteiger partial charge is 0.497 e. The first-order valence-corrected chi connectivity index (χ1v) is 7.18. The molecular formula is C18H19NO4. The van der Waals surface area contributed by atoms with E-state index in [9.17, 15) is 9.59 Å². The monoisotopic (exact) mass is 313 g/mol. The first-order chi connectivity index (χ1) is 11.0. The molecule has 23 heavy (non-hydrogen) atoms. The Kier molecular flexibility index (Phi) is 5.36. The average molecular weight is 313 g/mol. The van der Waals surface area contributed by atoms with Crippen molar-refractivity contribution in [2.45, 2.75) is 13.8 Å². The van der Waals surface area contributed by atoms with Crippen LogP contribution in [-0.4, -0.2) is 25.6 Å². The molecule has 0 bridgehead atoms. The molecule has 0 spiro atoms. The van der Waals surface area contributed by atoms with Crippen LogP contribution >= 0.6 is 0 Å². The van der Waals surface area contributed by atoms with E-state index in [0.717, 1.165) is 11.1 Å². The predicted molar refractivity (Wildman–Crippen MR) is 87.8 cm³/mol. The van der Waals surface area contributed by atoms with Crippen molar-refractivity contribution in [3.8, 4) is 5.75 Å². The summed E-state index contributed by atoms with van der Waals surface area (Å²) < 4.78 is 10.0. The summed E-state index contributed by atoms with van der Waals surface area (Å²) in [6, 6.07) is 12.2. The van der Waals surface area contributed by atoms with Crippen LogP contribution in [0.2, 0.25) is 0 Å². The fraction of sp³-hybridized carbons (Fsp3) is 0.222. The van der Waals surface area contributed by atoms with Crippen molar-refractivity contribution >= 4 is 17.6 Å². The van der Waals surface area contributed by atoms with Gasteiger partial charge in [-0.25, -0.2) is 4.79 Å². The number of carbonyl (C=O) groups is 2. The summed E-state index contributed by atoms with van der Waals surface area (Å²) in [4.78, 5) is 23.7. The van der Waals surface area contributed by atoms with Crippen LogP contribution in [-0.2, 0) is 9.53 Å². The lowest BCUT2D eigenvalue weighted by Crippen LogP contribution is -2.21. The van der Waals surface area contributed by atoms with Crippen LogP contribution in [0.4, 0.5) is 5.69 Å². The Bertz CT molecular complexity index is 707. The first-order valence-electron chi connectivity index (χ1n) is 7.18. The average Bonchev–Trinajstić information content (AvgIpc) is 2.55. The van der Waals surface area contributed by atoms with Gasteiger partial charge in [-0.2, -0.15) is 0 Å². The SMILES string of the molecule is COc1ccc(C(=O)OCC(=O)Nc2ccc(C)cc2C)cc1. The molecule has 0 fully saturated rings. The van der Waals surface area contributed by atoms with Gasteiger partial charge < -0.3 is 14.8 Å². The molecule has 0 aromatic heterocycles. The molecule has 120 valence electrons. The van der Waals surface area contributed by atoms with E-state index >= 15 is 0 Å². The topological polar surface area (TPSA) is 64.6 Å². The molecule has 0 atom stereocenters. The molecule has 0 unspecified atom stereocenters. The Morgan fingerprint density at radius 1 is 1.04 bits per heavy atom. The van der Waals surface area contributed by atoms with E-state index < -0.39 is 5.97 Å². The van der Waals surface area contributed by atoms with Gasteiger partial charge in [0.2, 0.25) is 0 Å². The lowest BCUT2D eigenvalue weighted by Gasteiger charge is -2.09. The van der Waals surface area contributed by atoms with Crippen molar-refractivity contribution in [3.05, 3.63) is 59.2 Å². The van der Waals surface area contributed by atoms with Crippen LogP contribution in [0.25, 0.3) is 0 Å². The van der Waals surface area contributed by atoms with Gasteiger partial charge in [-0.3, -0.25) is 4.79 Å². The second-order valence-corrected chi connectivity index (χ2v) is 5.17. The molecule has 0 aliphatic rings. The fourth-order valence-electron chi connectivity index (χ4n) is 2.08. The Morgan fingerprint density at radius 3 is 2.35 bits per heavy atom. The maximum atomic E-state index is 11.9. The standard InChI is InChI=1S/C18H19NO4/c1-12-4-9-16(13(2)10-12)19-17(20)11-23-18(21)14-5-7-15(22-3)8-6-14/h4-10H,11H2,1-3H3,(H,19,20). The highest BCUT2D eigenvalue weighted by Gasteiger charge is 2.11. The van der Waals surface area contributed by atoms with Crippen LogP contribution in [0.15, 0.2) is 42.5 Å². The molecular weight excluding hydrogens is 294 g/mol. The lowest BCUT2D eigenvalue weighted by atomic mass is 10.1. The second kappa shape index (κ2) is 7.45. The Morgan fingerprint density at radius 2 is 1.74 bits per heavy atom. The zero-order chi connectivity index (χ0) is 16.8. The van der Waals surface area contributed by atoms with E-state index in [-0.39, 0.29) is 12.5 Å². The van der Waals surface area contributed by atoms with E-state index in [1.165, 1.54) is 0 Å². The Hall–Kier alpha value is -2.82. The quantitative estimate of drug-likeness (QED) is 0.861. The predicted octanol–water partition coefficient (Wildman–Crippen LogP) is 3.11. The molecule has 0 aliphatic carbocycles. The third kappa shape index (κ3) is 4.57. The summed E-state index contributed by atoms with van der Waals surface area (Å²) in [5.41, 5.74) is 3.15. The molecule has 5 nitrogen and oxygen atoms in total. The van der Waals surface area contributed by atoms with E-state index in [4.69, 9.17) is 9.47 Å². The van der Waals surface area contributed by atoms with Crippen molar-refractivity contribution < 1.29 is 19.1 Å². The number of esters is 1. The molecule has 2 rings (SSSR count). The fourth-order valence-corrected chi connectivity index (χ4v) is 2.08. The third-order valence-corrected chi connectivity index (χ3v) is 3.32. The van der Waals surface area contributed by atoms with Gasteiger partial charge in [0, 0.05) is 5.69 Å². The number of nitrogens with one attached hydrogen (secondary N) is 1. The molecule has 2 aromatic rings. The van der Waals surface area contributed by atoms with E-state index in [2.05, 4.69) is 5.32 Å². The molecule has 0 aliphatic heterocycles. The molecule has 0 radical (unpaired) electrons. The van der Waals surface area contributed by atoms with Crippen LogP contribution < -0.4 is 10.1 Å². The van der Waals surface area contributed by atoms with Gasteiger partial charge in [0.25, 0.3) is 5.91 Å². The summed E-state index contributed by atoms with van der Waals surface area (Å²) in [6.07, 6.45) is 0. The van der Waals surface area contributed by atoms with Gasteiger partial charge in [-0.1, -0.05) is 17.7 Å². The number of aryl methyl sites for hydroxylation is 2. The summed E-state index contributed by atoms with van der Waals surface area (Å²) in [5, 5.41) is 2.73. The maximum Gasteiger partial charge on any atom is 0.338 e. The number of anilines is 1. The van der Waals surface area contributed by atoms with Gasteiger partial charge in [0.1, 0.15) is 5.75 Å².